The highest BCUT2D eigenvalue weighted by Crippen LogP contribution is 2.32. The maximum Gasteiger partial charge on any atom is 0.416 e. The Hall–Kier alpha value is -1.78. The number of hydrogen-bond donors (Lipinski definition) is 1. The van der Waals surface area contributed by atoms with Gasteiger partial charge in [-0.25, -0.2) is 0 Å². The van der Waals surface area contributed by atoms with E-state index in [1.807, 2.05) is 26.8 Å². The van der Waals surface area contributed by atoms with E-state index < -0.39 is 17.2 Å². The van der Waals surface area contributed by atoms with Gasteiger partial charge in [-0.3, -0.25) is 4.79 Å². The Balaban J connectivity index is 2.87. The molecular weight excluding hydrogens is 291 g/mol. The number of halogens is 3. The normalized spacial score (nSPS) is 13.1. The van der Waals surface area contributed by atoms with Gasteiger partial charge in [-0.15, -0.1) is 0 Å². The van der Waals surface area contributed by atoms with Gasteiger partial charge in [-0.1, -0.05) is 45.0 Å². The first-order chi connectivity index (χ1) is 10.1. The number of alkyl halides is 3. The summed E-state index contributed by atoms with van der Waals surface area (Å²) in [5.74, 6) is -0.193. The van der Waals surface area contributed by atoms with Gasteiger partial charge in [-0.2, -0.15) is 13.2 Å². The highest BCUT2D eigenvalue weighted by Gasteiger charge is 2.32. The SMILES string of the molecule is CC/C=C(\C)C(=O)NCC(C)(C)c1cccc(C(F)(F)F)c1. The van der Waals surface area contributed by atoms with E-state index >= 15 is 0 Å². The van der Waals surface area contributed by atoms with Crippen LogP contribution in [0.2, 0.25) is 0 Å². The summed E-state index contributed by atoms with van der Waals surface area (Å²) < 4.78 is 38.4. The zero-order valence-electron chi connectivity index (χ0n) is 13.3. The molecule has 0 fully saturated rings. The molecule has 0 radical (unpaired) electrons. The summed E-state index contributed by atoms with van der Waals surface area (Å²) in [6, 6.07) is 5.23. The Kier molecular flexibility index (Phi) is 5.80. The van der Waals surface area contributed by atoms with Gasteiger partial charge in [0.25, 0.3) is 0 Å². The molecule has 0 atom stereocenters. The lowest BCUT2D eigenvalue weighted by molar-refractivity contribution is -0.137. The van der Waals surface area contributed by atoms with Crippen molar-refractivity contribution < 1.29 is 18.0 Å². The van der Waals surface area contributed by atoms with E-state index in [-0.39, 0.29) is 12.5 Å². The molecular formula is C17H22F3NO. The Labute approximate surface area is 129 Å². The van der Waals surface area contributed by atoms with Gasteiger partial charge in [0.15, 0.2) is 0 Å². The predicted molar refractivity (Wildman–Crippen MR) is 81.5 cm³/mol. The van der Waals surface area contributed by atoms with Gasteiger partial charge in [0.05, 0.1) is 5.56 Å². The van der Waals surface area contributed by atoms with E-state index in [9.17, 15) is 18.0 Å². The molecule has 0 saturated heterocycles. The fraction of sp³-hybridized carbons (Fsp3) is 0.471. The minimum atomic E-state index is -4.37. The first-order valence-corrected chi connectivity index (χ1v) is 7.20. The molecule has 0 heterocycles. The van der Waals surface area contributed by atoms with E-state index in [4.69, 9.17) is 0 Å². The molecule has 1 aromatic carbocycles. The quantitative estimate of drug-likeness (QED) is 0.799. The van der Waals surface area contributed by atoms with Crippen LogP contribution in [-0.2, 0) is 16.4 Å². The average Bonchev–Trinajstić information content (AvgIpc) is 2.44. The standard InChI is InChI=1S/C17H22F3NO/c1-5-7-12(2)15(22)21-11-16(3,4)13-8-6-9-14(10-13)17(18,19)20/h6-10H,5,11H2,1-4H3,(H,21,22)/b12-7+. The number of allylic oxidation sites excluding steroid dienone is 1. The number of nitrogens with one attached hydrogen (secondary N) is 1. The number of carbonyl (C=O) groups is 1. The predicted octanol–water partition coefficient (Wildman–Crippen LogP) is 4.46. The molecule has 5 heteroatoms. The molecule has 0 aromatic heterocycles. The van der Waals surface area contributed by atoms with Gasteiger partial charge in [0.2, 0.25) is 5.91 Å². The zero-order chi connectivity index (χ0) is 17.0. The van der Waals surface area contributed by atoms with E-state index in [0.29, 0.717) is 11.1 Å². The Morgan fingerprint density at radius 3 is 2.36 bits per heavy atom. The minimum Gasteiger partial charge on any atom is -0.351 e. The molecule has 2 nitrogen and oxygen atoms in total. The topological polar surface area (TPSA) is 29.1 Å². The molecule has 0 aliphatic heterocycles. The summed E-state index contributed by atoms with van der Waals surface area (Å²) in [7, 11) is 0. The van der Waals surface area contributed by atoms with Crippen LogP contribution in [0.25, 0.3) is 0 Å². The van der Waals surface area contributed by atoms with Crippen molar-refractivity contribution in [1.82, 2.24) is 5.32 Å². The van der Waals surface area contributed by atoms with Crippen molar-refractivity contribution in [1.29, 1.82) is 0 Å². The van der Waals surface area contributed by atoms with Gasteiger partial charge < -0.3 is 5.32 Å². The van der Waals surface area contributed by atoms with Crippen LogP contribution >= 0.6 is 0 Å². The molecule has 1 amide bonds. The average molecular weight is 313 g/mol. The van der Waals surface area contributed by atoms with Crippen molar-refractivity contribution in [3.63, 3.8) is 0 Å². The molecule has 22 heavy (non-hydrogen) atoms. The zero-order valence-corrected chi connectivity index (χ0v) is 13.3. The largest absolute Gasteiger partial charge is 0.416 e. The van der Waals surface area contributed by atoms with E-state index in [0.717, 1.165) is 18.6 Å². The smallest absolute Gasteiger partial charge is 0.351 e. The van der Waals surface area contributed by atoms with Crippen molar-refractivity contribution in [3.05, 3.63) is 47.0 Å². The highest BCUT2D eigenvalue weighted by molar-refractivity contribution is 5.92. The van der Waals surface area contributed by atoms with Crippen LogP contribution in [-0.4, -0.2) is 12.5 Å². The summed E-state index contributed by atoms with van der Waals surface area (Å²) >= 11 is 0. The van der Waals surface area contributed by atoms with Crippen LogP contribution in [0.15, 0.2) is 35.9 Å². The molecule has 0 bridgehead atoms. The van der Waals surface area contributed by atoms with Crippen molar-refractivity contribution >= 4 is 5.91 Å². The number of carbonyl (C=O) groups excluding carboxylic acids is 1. The second-order valence-corrected chi connectivity index (χ2v) is 5.94. The molecule has 0 aliphatic carbocycles. The summed E-state index contributed by atoms with van der Waals surface area (Å²) in [6.45, 7) is 7.53. The Morgan fingerprint density at radius 1 is 1.23 bits per heavy atom. The summed E-state index contributed by atoms with van der Waals surface area (Å²) in [5, 5.41) is 2.78. The molecule has 0 aliphatic rings. The summed E-state index contributed by atoms with van der Waals surface area (Å²) in [4.78, 5) is 11.9. The van der Waals surface area contributed by atoms with Crippen LogP contribution in [0.4, 0.5) is 13.2 Å². The van der Waals surface area contributed by atoms with Crippen molar-refractivity contribution in [3.8, 4) is 0 Å². The van der Waals surface area contributed by atoms with Crippen molar-refractivity contribution in [2.45, 2.75) is 45.7 Å². The third-order valence-corrected chi connectivity index (χ3v) is 3.53. The monoisotopic (exact) mass is 313 g/mol. The first-order valence-electron chi connectivity index (χ1n) is 7.20. The van der Waals surface area contributed by atoms with E-state index in [2.05, 4.69) is 5.32 Å². The van der Waals surface area contributed by atoms with E-state index in [1.54, 1.807) is 13.0 Å². The molecule has 1 rings (SSSR count). The maximum absolute atomic E-state index is 12.8. The molecule has 0 spiro atoms. The summed E-state index contributed by atoms with van der Waals surface area (Å²) in [6.07, 6.45) is -1.79. The second kappa shape index (κ2) is 6.99. The molecule has 0 unspecified atom stereocenters. The number of hydrogen-bond acceptors (Lipinski definition) is 1. The van der Waals surface area contributed by atoms with Crippen LogP contribution in [0.1, 0.15) is 45.2 Å². The third-order valence-electron chi connectivity index (χ3n) is 3.53. The van der Waals surface area contributed by atoms with Gasteiger partial charge in [0.1, 0.15) is 0 Å². The van der Waals surface area contributed by atoms with Crippen molar-refractivity contribution in [2.24, 2.45) is 0 Å². The van der Waals surface area contributed by atoms with Crippen molar-refractivity contribution in [2.75, 3.05) is 6.54 Å². The van der Waals surface area contributed by atoms with E-state index in [1.165, 1.54) is 6.07 Å². The lowest BCUT2D eigenvalue weighted by atomic mass is 9.83. The maximum atomic E-state index is 12.8. The fourth-order valence-electron chi connectivity index (χ4n) is 2.06. The number of amides is 1. The number of rotatable bonds is 5. The fourth-order valence-corrected chi connectivity index (χ4v) is 2.06. The Morgan fingerprint density at radius 2 is 1.82 bits per heavy atom. The van der Waals surface area contributed by atoms with Gasteiger partial charge in [-0.05, 0) is 25.0 Å². The molecule has 122 valence electrons. The molecule has 1 N–H and O–H groups in total. The van der Waals surface area contributed by atoms with Crippen LogP contribution in [0.5, 0.6) is 0 Å². The first kappa shape index (κ1) is 18.3. The highest BCUT2D eigenvalue weighted by atomic mass is 19.4. The van der Waals surface area contributed by atoms with Crippen LogP contribution < -0.4 is 5.32 Å². The lowest BCUT2D eigenvalue weighted by Gasteiger charge is -2.26. The summed E-state index contributed by atoms with van der Waals surface area (Å²) in [5.41, 5.74) is -0.114. The van der Waals surface area contributed by atoms with Gasteiger partial charge in [0, 0.05) is 17.5 Å². The second-order valence-electron chi connectivity index (χ2n) is 5.94. The molecule has 1 aromatic rings. The molecule has 0 saturated carbocycles. The third kappa shape index (κ3) is 4.90. The van der Waals surface area contributed by atoms with Gasteiger partial charge >= 0.3 is 6.18 Å². The Bertz CT molecular complexity index is 559. The van der Waals surface area contributed by atoms with Crippen LogP contribution in [0, 0.1) is 0 Å². The lowest BCUT2D eigenvalue weighted by Crippen LogP contribution is -2.37. The van der Waals surface area contributed by atoms with Crippen LogP contribution in [0.3, 0.4) is 0 Å². The number of benzene rings is 1. The minimum absolute atomic E-state index is 0.193.